The van der Waals surface area contributed by atoms with Crippen molar-refractivity contribution in [3.63, 3.8) is 0 Å². The van der Waals surface area contributed by atoms with Gasteiger partial charge in [-0.1, -0.05) is 24.3 Å². The Balaban J connectivity index is 1.54. The monoisotopic (exact) mass is 377 g/mol. The van der Waals surface area contributed by atoms with Crippen molar-refractivity contribution in [2.45, 2.75) is 13.3 Å². The number of amides is 1. The Morgan fingerprint density at radius 3 is 2.46 bits per heavy atom. The maximum atomic E-state index is 12.9. The topological polar surface area (TPSA) is 71.1 Å². The van der Waals surface area contributed by atoms with Gasteiger partial charge in [0.05, 0.1) is 11.9 Å². The largest absolute Gasteiger partial charge is 0.383 e. The lowest BCUT2D eigenvalue weighted by molar-refractivity contribution is 0.100. The standard InChI is InChI=1S/C22H20FN3O2/c1-15(27)17-3-2-4-19(13-17)26-22(28)21-10-9-20(14-25-21)24-12-11-16-5-7-18(23)8-6-16/h2-10,13-14,24H,11-12H2,1H3,(H,26,28). The number of aromatic nitrogens is 1. The summed E-state index contributed by atoms with van der Waals surface area (Å²) in [5.41, 5.74) is 3.17. The lowest BCUT2D eigenvalue weighted by atomic mass is 10.1. The molecule has 0 saturated carbocycles. The molecule has 0 fully saturated rings. The first kappa shape index (κ1) is 19.2. The first-order valence-electron chi connectivity index (χ1n) is 8.88. The second-order valence-electron chi connectivity index (χ2n) is 6.33. The molecule has 3 aromatic rings. The van der Waals surface area contributed by atoms with Crippen molar-refractivity contribution in [3.8, 4) is 0 Å². The molecule has 1 aromatic heterocycles. The normalized spacial score (nSPS) is 10.4. The van der Waals surface area contributed by atoms with Gasteiger partial charge in [-0.3, -0.25) is 9.59 Å². The molecule has 0 unspecified atom stereocenters. The third kappa shape index (κ3) is 5.23. The molecule has 1 amide bonds. The summed E-state index contributed by atoms with van der Waals surface area (Å²) >= 11 is 0. The number of ketones is 1. The lowest BCUT2D eigenvalue weighted by Crippen LogP contribution is -2.14. The lowest BCUT2D eigenvalue weighted by Gasteiger charge is -2.08. The quantitative estimate of drug-likeness (QED) is 0.601. The van der Waals surface area contributed by atoms with Crippen LogP contribution in [0.2, 0.25) is 0 Å². The third-order valence-corrected chi connectivity index (χ3v) is 4.18. The summed E-state index contributed by atoms with van der Waals surface area (Å²) in [4.78, 5) is 27.9. The van der Waals surface area contributed by atoms with E-state index in [0.717, 1.165) is 17.7 Å². The van der Waals surface area contributed by atoms with E-state index < -0.39 is 0 Å². The summed E-state index contributed by atoms with van der Waals surface area (Å²) in [7, 11) is 0. The van der Waals surface area contributed by atoms with Gasteiger partial charge in [0.25, 0.3) is 5.91 Å². The molecule has 0 aliphatic heterocycles. The maximum absolute atomic E-state index is 12.9. The number of anilines is 2. The number of benzene rings is 2. The SMILES string of the molecule is CC(=O)c1cccc(NC(=O)c2ccc(NCCc3ccc(F)cc3)cn2)c1. The van der Waals surface area contributed by atoms with Crippen LogP contribution in [0.1, 0.15) is 33.3 Å². The fourth-order valence-electron chi connectivity index (χ4n) is 2.65. The van der Waals surface area contributed by atoms with Crippen molar-refractivity contribution in [1.82, 2.24) is 4.98 Å². The number of hydrogen-bond acceptors (Lipinski definition) is 4. The summed E-state index contributed by atoms with van der Waals surface area (Å²) in [6, 6.07) is 16.6. The van der Waals surface area contributed by atoms with Gasteiger partial charge in [-0.05, 0) is 55.3 Å². The van der Waals surface area contributed by atoms with Crippen LogP contribution in [0.15, 0.2) is 66.9 Å². The van der Waals surface area contributed by atoms with Crippen LogP contribution in [0.3, 0.4) is 0 Å². The van der Waals surface area contributed by atoms with Crippen molar-refractivity contribution >= 4 is 23.1 Å². The molecule has 2 aromatic carbocycles. The second kappa shape index (κ2) is 8.90. The van der Waals surface area contributed by atoms with Crippen LogP contribution >= 0.6 is 0 Å². The molecule has 28 heavy (non-hydrogen) atoms. The van der Waals surface area contributed by atoms with Crippen molar-refractivity contribution in [3.05, 3.63) is 89.5 Å². The van der Waals surface area contributed by atoms with Gasteiger partial charge in [0, 0.05) is 17.8 Å². The van der Waals surface area contributed by atoms with Gasteiger partial charge in [-0.15, -0.1) is 0 Å². The zero-order chi connectivity index (χ0) is 19.9. The highest BCUT2D eigenvalue weighted by atomic mass is 19.1. The summed E-state index contributed by atoms with van der Waals surface area (Å²) in [5.74, 6) is -0.661. The minimum Gasteiger partial charge on any atom is -0.383 e. The first-order chi connectivity index (χ1) is 13.5. The molecule has 2 N–H and O–H groups in total. The molecular weight excluding hydrogens is 357 g/mol. The van der Waals surface area contributed by atoms with Crippen molar-refractivity contribution < 1.29 is 14.0 Å². The second-order valence-corrected chi connectivity index (χ2v) is 6.33. The van der Waals surface area contributed by atoms with Gasteiger partial charge in [0.2, 0.25) is 0 Å². The van der Waals surface area contributed by atoms with E-state index in [0.29, 0.717) is 17.8 Å². The van der Waals surface area contributed by atoms with E-state index in [1.54, 1.807) is 54.7 Å². The van der Waals surface area contributed by atoms with Gasteiger partial charge in [0.1, 0.15) is 11.5 Å². The average molecular weight is 377 g/mol. The number of carbonyl (C=O) groups excluding carboxylic acids is 2. The summed E-state index contributed by atoms with van der Waals surface area (Å²) in [6.07, 6.45) is 2.33. The minimum atomic E-state index is -0.349. The molecule has 6 heteroatoms. The van der Waals surface area contributed by atoms with Gasteiger partial charge in [-0.25, -0.2) is 9.37 Å². The summed E-state index contributed by atoms with van der Waals surface area (Å²) < 4.78 is 12.9. The Morgan fingerprint density at radius 2 is 1.79 bits per heavy atom. The van der Waals surface area contributed by atoms with Gasteiger partial charge in [0.15, 0.2) is 5.78 Å². The van der Waals surface area contributed by atoms with E-state index in [-0.39, 0.29) is 23.2 Å². The van der Waals surface area contributed by atoms with Crippen LogP contribution in [-0.4, -0.2) is 23.2 Å². The fraction of sp³-hybridized carbons (Fsp3) is 0.136. The number of rotatable bonds is 7. The molecule has 5 nitrogen and oxygen atoms in total. The molecule has 3 rings (SSSR count). The Hall–Kier alpha value is -3.54. The van der Waals surface area contributed by atoms with Crippen LogP contribution in [0, 0.1) is 5.82 Å². The molecule has 142 valence electrons. The van der Waals surface area contributed by atoms with Crippen LogP contribution in [0.25, 0.3) is 0 Å². The number of nitrogens with zero attached hydrogens (tertiary/aromatic N) is 1. The predicted octanol–water partition coefficient (Wildman–Crippen LogP) is 4.33. The molecule has 0 aliphatic rings. The van der Waals surface area contributed by atoms with Crippen LogP contribution < -0.4 is 10.6 Å². The van der Waals surface area contributed by atoms with Crippen molar-refractivity contribution in [1.29, 1.82) is 0 Å². The molecule has 0 bridgehead atoms. The number of Topliss-reactive ketones (excluding diaryl/α,β-unsaturated/α-hetero) is 1. The maximum Gasteiger partial charge on any atom is 0.274 e. The molecule has 0 atom stereocenters. The van der Waals surface area contributed by atoms with E-state index in [1.807, 2.05) is 0 Å². The van der Waals surface area contributed by atoms with Crippen molar-refractivity contribution in [2.75, 3.05) is 17.2 Å². The Kier molecular flexibility index (Phi) is 6.11. The Bertz CT molecular complexity index is 970. The fourth-order valence-corrected chi connectivity index (χ4v) is 2.65. The predicted molar refractivity (Wildman–Crippen MR) is 107 cm³/mol. The molecular formula is C22H20FN3O2. The highest BCUT2D eigenvalue weighted by molar-refractivity contribution is 6.04. The van der Waals surface area contributed by atoms with Gasteiger partial charge in [-0.2, -0.15) is 0 Å². The van der Waals surface area contributed by atoms with Crippen LogP contribution in [0.4, 0.5) is 15.8 Å². The van der Waals surface area contributed by atoms with Gasteiger partial charge >= 0.3 is 0 Å². The van der Waals surface area contributed by atoms with Crippen LogP contribution in [-0.2, 0) is 6.42 Å². The molecule has 0 aliphatic carbocycles. The van der Waals surface area contributed by atoms with E-state index in [2.05, 4.69) is 15.6 Å². The average Bonchev–Trinajstić information content (AvgIpc) is 2.70. The first-order valence-corrected chi connectivity index (χ1v) is 8.88. The highest BCUT2D eigenvalue weighted by Gasteiger charge is 2.09. The summed E-state index contributed by atoms with van der Waals surface area (Å²) in [5, 5.41) is 5.96. The van der Waals surface area contributed by atoms with E-state index in [4.69, 9.17) is 0 Å². The molecule has 0 radical (unpaired) electrons. The third-order valence-electron chi connectivity index (χ3n) is 4.18. The number of pyridine rings is 1. The molecule has 0 spiro atoms. The van der Waals surface area contributed by atoms with Crippen LogP contribution in [0.5, 0.6) is 0 Å². The number of carbonyl (C=O) groups is 2. The van der Waals surface area contributed by atoms with E-state index >= 15 is 0 Å². The Labute approximate surface area is 162 Å². The number of nitrogens with one attached hydrogen (secondary N) is 2. The number of hydrogen-bond donors (Lipinski definition) is 2. The zero-order valence-corrected chi connectivity index (χ0v) is 15.4. The van der Waals surface area contributed by atoms with Gasteiger partial charge < -0.3 is 10.6 Å². The number of halogens is 1. The van der Waals surface area contributed by atoms with E-state index in [1.165, 1.54) is 19.1 Å². The molecule has 1 heterocycles. The van der Waals surface area contributed by atoms with E-state index in [9.17, 15) is 14.0 Å². The minimum absolute atomic E-state index is 0.0645. The highest BCUT2D eigenvalue weighted by Crippen LogP contribution is 2.13. The zero-order valence-electron chi connectivity index (χ0n) is 15.4. The summed E-state index contributed by atoms with van der Waals surface area (Å²) in [6.45, 7) is 2.14. The smallest absolute Gasteiger partial charge is 0.274 e. The molecule has 0 saturated heterocycles. The van der Waals surface area contributed by atoms with Crippen molar-refractivity contribution in [2.24, 2.45) is 0 Å². The Morgan fingerprint density at radius 1 is 1.00 bits per heavy atom.